The first-order valence-corrected chi connectivity index (χ1v) is 10.6. The van der Waals surface area contributed by atoms with Crippen molar-refractivity contribution in [1.29, 1.82) is 0 Å². The van der Waals surface area contributed by atoms with Gasteiger partial charge in [0.05, 0.1) is 33.2 Å². The number of aromatic nitrogens is 2. The van der Waals surface area contributed by atoms with E-state index in [9.17, 15) is 0 Å². The van der Waals surface area contributed by atoms with Crippen LogP contribution in [0.25, 0.3) is 16.5 Å². The van der Waals surface area contributed by atoms with Crippen LogP contribution < -0.4 is 19.5 Å². The highest BCUT2D eigenvalue weighted by atomic mass is 16.5. The first-order valence-electron chi connectivity index (χ1n) is 10.6. The minimum atomic E-state index is 0.0940. The summed E-state index contributed by atoms with van der Waals surface area (Å²) in [7, 11) is 4.88. The molecule has 0 saturated carbocycles. The first-order chi connectivity index (χ1) is 15.6. The lowest BCUT2D eigenvalue weighted by Gasteiger charge is -2.18. The second kappa shape index (κ2) is 9.32. The topological polar surface area (TPSA) is 57.5 Å². The van der Waals surface area contributed by atoms with Gasteiger partial charge in [-0.15, -0.1) is 0 Å². The molecule has 6 heteroatoms. The molecule has 4 rings (SSSR count). The molecular formula is C26H29N3O3. The second-order valence-electron chi connectivity index (χ2n) is 7.69. The van der Waals surface area contributed by atoms with Gasteiger partial charge in [-0.3, -0.25) is 0 Å². The summed E-state index contributed by atoms with van der Waals surface area (Å²) >= 11 is 0. The Balaban J connectivity index is 1.58. The minimum absolute atomic E-state index is 0.0940. The molecule has 0 amide bonds. The van der Waals surface area contributed by atoms with Crippen LogP contribution in [-0.4, -0.2) is 31.1 Å². The van der Waals surface area contributed by atoms with Gasteiger partial charge < -0.3 is 19.5 Å². The fraction of sp³-hybridized carbons (Fsp3) is 0.269. The van der Waals surface area contributed by atoms with E-state index in [2.05, 4.69) is 61.6 Å². The number of methoxy groups -OCH3 is 3. The average molecular weight is 432 g/mol. The molecule has 1 heterocycles. The van der Waals surface area contributed by atoms with E-state index in [0.717, 1.165) is 22.5 Å². The molecule has 1 aromatic heterocycles. The normalized spacial score (nSPS) is 12.0. The zero-order chi connectivity index (χ0) is 22.7. The second-order valence-corrected chi connectivity index (χ2v) is 7.69. The summed E-state index contributed by atoms with van der Waals surface area (Å²) in [5.41, 5.74) is 4.34. The fourth-order valence-corrected chi connectivity index (χ4v) is 4.16. The van der Waals surface area contributed by atoms with Gasteiger partial charge in [-0.05, 0) is 31.4 Å². The Hall–Kier alpha value is -3.51. The fourth-order valence-electron chi connectivity index (χ4n) is 4.16. The summed E-state index contributed by atoms with van der Waals surface area (Å²) in [6, 6.07) is 18.7. The molecule has 6 nitrogen and oxygen atoms in total. The van der Waals surface area contributed by atoms with E-state index in [0.29, 0.717) is 23.8 Å². The number of nitrogens with one attached hydrogen (secondary N) is 1. The number of benzene rings is 3. The molecule has 0 saturated heterocycles. The van der Waals surface area contributed by atoms with Crippen LogP contribution in [-0.2, 0) is 6.54 Å². The van der Waals surface area contributed by atoms with Gasteiger partial charge in [-0.2, -0.15) is 5.10 Å². The van der Waals surface area contributed by atoms with Gasteiger partial charge >= 0.3 is 0 Å². The molecule has 0 radical (unpaired) electrons. The molecule has 1 atom stereocenters. The standard InChI is InChI=1S/C26H29N3O3/c1-17(27-15-20-13-14-24(30-3)26(32-5)25(20)31-4)22-16-28-29(18(22)2)23-12-8-10-19-9-6-7-11-21(19)23/h6-14,16-17,27H,15H2,1-5H3/t17-/m0/s1. The van der Waals surface area contributed by atoms with E-state index in [4.69, 9.17) is 19.3 Å². The third-order valence-corrected chi connectivity index (χ3v) is 5.89. The maximum absolute atomic E-state index is 5.61. The highest BCUT2D eigenvalue weighted by Crippen LogP contribution is 2.40. The van der Waals surface area contributed by atoms with Crippen molar-refractivity contribution in [2.24, 2.45) is 0 Å². The number of hydrogen-bond acceptors (Lipinski definition) is 5. The Labute approximate surface area is 188 Å². The van der Waals surface area contributed by atoms with E-state index in [-0.39, 0.29) is 6.04 Å². The number of nitrogens with zero attached hydrogens (tertiary/aromatic N) is 2. The van der Waals surface area contributed by atoms with Crippen LogP contribution in [0.15, 0.2) is 60.8 Å². The summed E-state index contributed by atoms with van der Waals surface area (Å²) in [5, 5.41) is 10.7. The van der Waals surface area contributed by atoms with Crippen LogP contribution in [0, 0.1) is 6.92 Å². The predicted octanol–water partition coefficient (Wildman–Crippen LogP) is 5.21. The van der Waals surface area contributed by atoms with Crippen molar-refractivity contribution in [2.45, 2.75) is 26.4 Å². The highest BCUT2D eigenvalue weighted by molar-refractivity contribution is 5.90. The van der Waals surface area contributed by atoms with E-state index in [1.807, 2.05) is 23.0 Å². The quantitative estimate of drug-likeness (QED) is 0.415. The zero-order valence-electron chi connectivity index (χ0n) is 19.2. The van der Waals surface area contributed by atoms with Crippen molar-refractivity contribution in [3.05, 3.63) is 77.6 Å². The maximum Gasteiger partial charge on any atom is 0.203 e. The molecule has 3 aromatic carbocycles. The molecule has 0 bridgehead atoms. The predicted molar refractivity (Wildman–Crippen MR) is 127 cm³/mol. The van der Waals surface area contributed by atoms with Crippen molar-refractivity contribution in [1.82, 2.24) is 15.1 Å². The van der Waals surface area contributed by atoms with E-state index in [1.165, 1.54) is 10.8 Å². The molecule has 0 fully saturated rings. The lowest BCUT2D eigenvalue weighted by Crippen LogP contribution is -2.19. The molecule has 0 aliphatic rings. The summed E-state index contributed by atoms with van der Waals surface area (Å²) in [5.74, 6) is 1.92. The van der Waals surface area contributed by atoms with Crippen molar-refractivity contribution in [2.75, 3.05) is 21.3 Å². The summed E-state index contributed by atoms with van der Waals surface area (Å²) in [6.07, 6.45) is 1.95. The van der Waals surface area contributed by atoms with E-state index >= 15 is 0 Å². The number of ether oxygens (including phenoxy) is 3. The van der Waals surface area contributed by atoms with Crippen molar-refractivity contribution >= 4 is 10.8 Å². The van der Waals surface area contributed by atoms with Crippen LogP contribution >= 0.6 is 0 Å². The Kier molecular flexibility index (Phi) is 6.32. The number of rotatable bonds is 8. The van der Waals surface area contributed by atoms with Crippen LogP contribution in [0.3, 0.4) is 0 Å². The molecule has 0 aliphatic heterocycles. The molecular weight excluding hydrogens is 402 g/mol. The largest absolute Gasteiger partial charge is 0.493 e. The Morgan fingerprint density at radius 2 is 1.66 bits per heavy atom. The van der Waals surface area contributed by atoms with Crippen LogP contribution in [0.2, 0.25) is 0 Å². The Morgan fingerprint density at radius 3 is 2.41 bits per heavy atom. The first kappa shape index (κ1) is 21.7. The molecule has 4 aromatic rings. The van der Waals surface area contributed by atoms with Crippen molar-refractivity contribution in [3.8, 4) is 22.9 Å². The van der Waals surface area contributed by atoms with Crippen LogP contribution in [0.1, 0.15) is 29.8 Å². The molecule has 1 N–H and O–H groups in total. The Bertz CT molecular complexity index is 1230. The summed E-state index contributed by atoms with van der Waals surface area (Å²) < 4.78 is 18.5. The van der Waals surface area contributed by atoms with Gasteiger partial charge in [-0.1, -0.05) is 42.5 Å². The van der Waals surface area contributed by atoms with Gasteiger partial charge in [0.2, 0.25) is 5.75 Å². The zero-order valence-corrected chi connectivity index (χ0v) is 19.2. The maximum atomic E-state index is 5.61. The van der Waals surface area contributed by atoms with E-state index in [1.54, 1.807) is 21.3 Å². The van der Waals surface area contributed by atoms with Gasteiger partial charge in [0, 0.05) is 34.8 Å². The summed E-state index contributed by atoms with van der Waals surface area (Å²) in [4.78, 5) is 0. The summed E-state index contributed by atoms with van der Waals surface area (Å²) in [6.45, 7) is 4.87. The van der Waals surface area contributed by atoms with Crippen LogP contribution in [0.4, 0.5) is 0 Å². The van der Waals surface area contributed by atoms with Crippen molar-refractivity contribution < 1.29 is 14.2 Å². The number of hydrogen-bond donors (Lipinski definition) is 1. The van der Waals surface area contributed by atoms with Gasteiger partial charge in [0.25, 0.3) is 0 Å². The molecule has 0 aliphatic carbocycles. The lowest BCUT2D eigenvalue weighted by atomic mass is 10.1. The van der Waals surface area contributed by atoms with Gasteiger partial charge in [0.1, 0.15) is 0 Å². The van der Waals surface area contributed by atoms with E-state index < -0.39 is 0 Å². The van der Waals surface area contributed by atoms with Gasteiger partial charge in [0.15, 0.2) is 11.5 Å². The monoisotopic (exact) mass is 431 g/mol. The molecule has 32 heavy (non-hydrogen) atoms. The average Bonchev–Trinajstić information content (AvgIpc) is 3.22. The molecule has 0 spiro atoms. The molecule has 166 valence electrons. The third-order valence-electron chi connectivity index (χ3n) is 5.89. The number of fused-ring (bicyclic) bond motifs is 1. The lowest BCUT2D eigenvalue weighted by molar-refractivity contribution is 0.321. The smallest absolute Gasteiger partial charge is 0.203 e. The Morgan fingerprint density at radius 1 is 0.906 bits per heavy atom. The minimum Gasteiger partial charge on any atom is -0.493 e. The highest BCUT2D eigenvalue weighted by Gasteiger charge is 2.18. The third kappa shape index (κ3) is 3.89. The van der Waals surface area contributed by atoms with Gasteiger partial charge in [-0.25, -0.2) is 4.68 Å². The SMILES string of the molecule is COc1ccc(CN[C@@H](C)c2cnn(-c3cccc4ccccc34)c2C)c(OC)c1OC. The van der Waals surface area contributed by atoms with Crippen molar-refractivity contribution in [3.63, 3.8) is 0 Å². The molecule has 0 unspecified atom stereocenters. The van der Waals surface area contributed by atoms with Crippen LogP contribution in [0.5, 0.6) is 17.2 Å².